The zero-order chi connectivity index (χ0) is 13.7. The Bertz CT molecular complexity index is 484. The largest absolute Gasteiger partial charge is 0.310 e. The Morgan fingerprint density at radius 1 is 1.53 bits per heavy atom. The molecule has 19 heavy (non-hydrogen) atoms. The van der Waals surface area contributed by atoms with Gasteiger partial charge in [-0.05, 0) is 45.0 Å². The number of rotatable bonds is 3. The van der Waals surface area contributed by atoms with Crippen molar-refractivity contribution in [2.24, 2.45) is 5.92 Å². The number of hydrogen-bond donors (Lipinski definition) is 1. The van der Waals surface area contributed by atoms with Crippen LogP contribution in [0.3, 0.4) is 0 Å². The number of anilines is 1. The van der Waals surface area contributed by atoms with Crippen molar-refractivity contribution in [3.05, 3.63) is 23.9 Å². The lowest BCUT2D eigenvalue weighted by atomic mass is 9.96. The molecule has 0 aromatic carbocycles. The number of likely N-dealkylation sites (tertiary alicyclic amines) is 1. The molecule has 0 bridgehead atoms. The van der Waals surface area contributed by atoms with Crippen LogP contribution in [0.25, 0.3) is 0 Å². The summed E-state index contributed by atoms with van der Waals surface area (Å²) in [6, 6.07) is 5.62. The molecule has 0 saturated carbocycles. The summed E-state index contributed by atoms with van der Waals surface area (Å²) in [5.74, 6) is 3.41. The van der Waals surface area contributed by atoms with Crippen LogP contribution in [0, 0.1) is 25.2 Å². The fourth-order valence-corrected chi connectivity index (χ4v) is 2.32. The summed E-state index contributed by atoms with van der Waals surface area (Å²) in [7, 11) is 0. The van der Waals surface area contributed by atoms with Gasteiger partial charge in [0, 0.05) is 11.6 Å². The molecule has 0 radical (unpaired) electrons. The minimum atomic E-state index is 0.0661. The molecule has 1 N–H and O–H groups in total. The van der Waals surface area contributed by atoms with Gasteiger partial charge < -0.3 is 5.32 Å². The molecule has 4 nitrogen and oxygen atoms in total. The first kappa shape index (κ1) is 13.6. The fourth-order valence-electron chi connectivity index (χ4n) is 2.32. The van der Waals surface area contributed by atoms with Gasteiger partial charge in [0.15, 0.2) is 0 Å². The summed E-state index contributed by atoms with van der Waals surface area (Å²) in [6.07, 6.45) is 7.01. The molecule has 4 heteroatoms. The van der Waals surface area contributed by atoms with Crippen LogP contribution in [0.2, 0.25) is 0 Å². The average molecular weight is 257 g/mol. The van der Waals surface area contributed by atoms with Gasteiger partial charge >= 0.3 is 0 Å². The van der Waals surface area contributed by atoms with E-state index in [0.717, 1.165) is 31.6 Å². The standard InChI is InChI=1S/C15H19N3O/c1-3-9-18-10-7-13(8-11-18)15(19)17-14-6-4-5-12(2)16-14/h1,4-6,13H,7-11H2,2H3,(H,16,17,19). The zero-order valence-electron chi connectivity index (χ0n) is 11.2. The minimum Gasteiger partial charge on any atom is -0.310 e. The smallest absolute Gasteiger partial charge is 0.228 e. The predicted molar refractivity (Wildman–Crippen MR) is 75.6 cm³/mol. The van der Waals surface area contributed by atoms with Crippen molar-refractivity contribution in [3.8, 4) is 12.3 Å². The van der Waals surface area contributed by atoms with E-state index in [9.17, 15) is 4.79 Å². The number of nitrogens with zero attached hydrogens (tertiary/aromatic N) is 2. The molecule has 100 valence electrons. The van der Waals surface area contributed by atoms with E-state index in [0.29, 0.717) is 12.4 Å². The Morgan fingerprint density at radius 3 is 2.89 bits per heavy atom. The summed E-state index contributed by atoms with van der Waals surface area (Å²) in [5.41, 5.74) is 0.904. The van der Waals surface area contributed by atoms with Crippen LogP contribution in [0.15, 0.2) is 18.2 Å². The Kier molecular flexibility index (Phi) is 4.53. The van der Waals surface area contributed by atoms with Crippen molar-refractivity contribution in [1.82, 2.24) is 9.88 Å². The zero-order valence-corrected chi connectivity index (χ0v) is 11.2. The molecule has 0 unspecified atom stereocenters. The van der Waals surface area contributed by atoms with Gasteiger partial charge in [0.1, 0.15) is 5.82 Å². The van der Waals surface area contributed by atoms with Gasteiger partial charge in [-0.1, -0.05) is 12.0 Å². The van der Waals surface area contributed by atoms with Crippen LogP contribution in [0.4, 0.5) is 5.82 Å². The third-order valence-electron chi connectivity index (χ3n) is 3.41. The van der Waals surface area contributed by atoms with Crippen molar-refractivity contribution in [2.75, 3.05) is 25.0 Å². The van der Waals surface area contributed by atoms with Crippen LogP contribution >= 0.6 is 0 Å². The van der Waals surface area contributed by atoms with E-state index in [1.807, 2.05) is 25.1 Å². The Labute approximate surface area is 114 Å². The van der Waals surface area contributed by atoms with Gasteiger partial charge in [-0.25, -0.2) is 4.98 Å². The second kappa shape index (κ2) is 6.35. The molecule has 1 fully saturated rings. The lowest BCUT2D eigenvalue weighted by Crippen LogP contribution is -2.38. The lowest BCUT2D eigenvalue weighted by Gasteiger charge is -2.29. The van der Waals surface area contributed by atoms with E-state index in [2.05, 4.69) is 21.1 Å². The quantitative estimate of drug-likeness (QED) is 0.838. The first-order valence-corrected chi connectivity index (χ1v) is 6.59. The van der Waals surface area contributed by atoms with Crippen LogP contribution in [-0.2, 0) is 4.79 Å². The topological polar surface area (TPSA) is 45.2 Å². The van der Waals surface area contributed by atoms with Crippen molar-refractivity contribution in [3.63, 3.8) is 0 Å². The third-order valence-corrected chi connectivity index (χ3v) is 3.41. The summed E-state index contributed by atoms with van der Waals surface area (Å²) >= 11 is 0. The maximum Gasteiger partial charge on any atom is 0.228 e. The predicted octanol–water partition coefficient (Wildman–Crippen LogP) is 1.67. The highest BCUT2D eigenvalue weighted by atomic mass is 16.1. The van der Waals surface area contributed by atoms with E-state index >= 15 is 0 Å². The molecule has 1 aliphatic rings. The molecule has 1 amide bonds. The number of carbonyl (C=O) groups is 1. The molecule has 1 aliphatic heterocycles. The molecule has 1 aromatic rings. The summed E-state index contributed by atoms with van der Waals surface area (Å²) in [6.45, 7) is 4.37. The van der Waals surface area contributed by atoms with E-state index in [1.54, 1.807) is 0 Å². The number of hydrogen-bond acceptors (Lipinski definition) is 3. The van der Waals surface area contributed by atoms with Crippen molar-refractivity contribution in [2.45, 2.75) is 19.8 Å². The molecular weight excluding hydrogens is 238 g/mol. The summed E-state index contributed by atoms with van der Waals surface area (Å²) < 4.78 is 0. The van der Waals surface area contributed by atoms with Gasteiger partial charge in [-0.15, -0.1) is 6.42 Å². The number of aryl methyl sites for hydroxylation is 1. The van der Waals surface area contributed by atoms with Crippen LogP contribution in [0.1, 0.15) is 18.5 Å². The number of carbonyl (C=O) groups excluding carboxylic acids is 1. The molecule has 2 rings (SSSR count). The highest BCUT2D eigenvalue weighted by molar-refractivity contribution is 5.91. The van der Waals surface area contributed by atoms with Gasteiger partial charge in [-0.3, -0.25) is 9.69 Å². The fraction of sp³-hybridized carbons (Fsp3) is 0.467. The maximum atomic E-state index is 12.1. The molecule has 0 aliphatic carbocycles. The maximum absolute atomic E-state index is 12.1. The Balaban J connectivity index is 1.86. The number of nitrogens with one attached hydrogen (secondary N) is 1. The minimum absolute atomic E-state index is 0.0661. The van der Waals surface area contributed by atoms with Gasteiger partial charge in [-0.2, -0.15) is 0 Å². The van der Waals surface area contributed by atoms with Crippen molar-refractivity contribution in [1.29, 1.82) is 0 Å². The highest BCUT2D eigenvalue weighted by Gasteiger charge is 2.24. The normalized spacial score (nSPS) is 16.8. The van der Waals surface area contributed by atoms with Crippen LogP contribution < -0.4 is 5.32 Å². The number of pyridine rings is 1. The van der Waals surface area contributed by atoms with E-state index < -0.39 is 0 Å². The van der Waals surface area contributed by atoms with Crippen molar-refractivity contribution >= 4 is 11.7 Å². The molecule has 0 spiro atoms. The van der Waals surface area contributed by atoms with Crippen molar-refractivity contribution < 1.29 is 4.79 Å². The van der Waals surface area contributed by atoms with Gasteiger partial charge in [0.25, 0.3) is 0 Å². The number of terminal acetylenes is 1. The Hall–Kier alpha value is -1.86. The summed E-state index contributed by atoms with van der Waals surface area (Å²) in [5, 5.41) is 2.89. The van der Waals surface area contributed by atoms with Gasteiger partial charge in [0.05, 0.1) is 6.54 Å². The van der Waals surface area contributed by atoms with Crippen LogP contribution in [-0.4, -0.2) is 35.4 Å². The van der Waals surface area contributed by atoms with Crippen LogP contribution in [0.5, 0.6) is 0 Å². The second-order valence-corrected chi connectivity index (χ2v) is 4.91. The van der Waals surface area contributed by atoms with E-state index in [-0.39, 0.29) is 11.8 Å². The average Bonchev–Trinajstić information content (AvgIpc) is 2.40. The lowest BCUT2D eigenvalue weighted by molar-refractivity contribution is -0.121. The number of piperidine rings is 1. The highest BCUT2D eigenvalue weighted by Crippen LogP contribution is 2.18. The molecule has 1 aromatic heterocycles. The third kappa shape index (κ3) is 3.80. The van der Waals surface area contributed by atoms with E-state index in [1.165, 1.54) is 0 Å². The Morgan fingerprint density at radius 2 is 2.26 bits per heavy atom. The monoisotopic (exact) mass is 257 g/mol. The first-order chi connectivity index (χ1) is 9.19. The number of amides is 1. The summed E-state index contributed by atoms with van der Waals surface area (Å²) in [4.78, 5) is 18.6. The molecule has 0 atom stereocenters. The first-order valence-electron chi connectivity index (χ1n) is 6.59. The SMILES string of the molecule is C#CCN1CCC(C(=O)Nc2cccc(C)n2)CC1. The molecular formula is C15H19N3O. The molecule has 1 saturated heterocycles. The number of aromatic nitrogens is 1. The molecule has 2 heterocycles. The van der Waals surface area contributed by atoms with E-state index in [4.69, 9.17) is 6.42 Å². The second-order valence-electron chi connectivity index (χ2n) is 4.91. The van der Waals surface area contributed by atoms with Gasteiger partial charge in [0.2, 0.25) is 5.91 Å².